The van der Waals surface area contributed by atoms with Gasteiger partial charge in [0, 0.05) is 67.1 Å². The summed E-state index contributed by atoms with van der Waals surface area (Å²) in [5.41, 5.74) is 8.65. The van der Waals surface area contributed by atoms with Gasteiger partial charge in [0.15, 0.2) is 0 Å². The molecule has 0 saturated carbocycles. The molecule has 170 valence electrons. The van der Waals surface area contributed by atoms with Crippen molar-refractivity contribution in [3.05, 3.63) is 75.7 Å². The van der Waals surface area contributed by atoms with E-state index in [0.29, 0.717) is 51.3 Å². The normalized spacial score (nSPS) is 13.6. The van der Waals surface area contributed by atoms with Gasteiger partial charge in [0.05, 0.1) is 15.8 Å². The Morgan fingerprint density at radius 3 is 2.45 bits per heavy atom. The molecule has 10 heteroatoms. The third-order valence-electron chi connectivity index (χ3n) is 5.45. The second-order valence-corrected chi connectivity index (χ2v) is 8.34. The predicted octanol–water partition coefficient (Wildman–Crippen LogP) is 3.64. The van der Waals surface area contributed by atoms with Crippen LogP contribution < -0.4 is 15.4 Å². The molecule has 0 spiro atoms. The Kier molecular flexibility index (Phi) is 6.96. The zero-order valence-corrected chi connectivity index (χ0v) is 19.2. The molecule has 1 amide bonds. The van der Waals surface area contributed by atoms with Gasteiger partial charge in [-0.3, -0.25) is 15.2 Å². The number of hydrogen-bond acceptors (Lipinski definition) is 7. The van der Waals surface area contributed by atoms with Crippen LogP contribution in [-0.2, 0) is 11.4 Å². The number of carbonyl (C=O) groups is 1. The van der Waals surface area contributed by atoms with E-state index >= 15 is 0 Å². The molecule has 1 fully saturated rings. The van der Waals surface area contributed by atoms with Gasteiger partial charge in [-0.15, -0.1) is 0 Å². The van der Waals surface area contributed by atoms with E-state index in [-0.39, 0.29) is 12.3 Å². The number of pyridine rings is 2. The molecular weight excluding hydrogens is 463 g/mol. The molecule has 3 aromatic rings. The van der Waals surface area contributed by atoms with Crippen molar-refractivity contribution < 1.29 is 9.53 Å². The maximum atomic E-state index is 10.9. The highest BCUT2D eigenvalue weighted by atomic mass is 35.5. The second kappa shape index (κ2) is 10.1. The van der Waals surface area contributed by atoms with E-state index in [1.54, 1.807) is 29.3 Å². The Balaban J connectivity index is 1.47. The summed E-state index contributed by atoms with van der Waals surface area (Å²) in [7, 11) is 0. The lowest BCUT2D eigenvalue weighted by Gasteiger charge is -2.33. The summed E-state index contributed by atoms with van der Waals surface area (Å²) in [4.78, 5) is 23.2. The van der Waals surface area contributed by atoms with Crippen molar-refractivity contribution in [1.82, 2.24) is 14.9 Å². The molecule has 0 atom stereocenters. The number of nitrogens with one attached hydrogen (secondary N) is 1. The van der Waals surface area contributed by atoms with Crippen LogP contribution in [0.5, 0.6) is 5.75 Å². The van der Waals surface area contributed by atoms with Crippen LogP contribution in [0.25, 0.3) is 0 Å². The molecule has 0 unspecified atom stereocenters. The number of nitrogen functional groups attached to an aromatic ring is 1. The van der Waals surface area contributed by atoms with Crippen molar-refractivity contribution in [2.45, 2.75) is 6.61 Å². The van der Waals surface area contributed by atoms with Crippen LogP contribution in [0.15, 0.2) is 48.9 Å². The lowest BCUT2D eigenvalue weighted by atomic mass is 10.0. The van der Waals surface area contributed by atoms with Crippen LogP contribution >= 0.6 is 23.2 Å². The van der Waals surface area contributed by atoms with E-state index in [2.05, 4.69) is 14.9 Å². The van der Waals surface area contributed by atoms with Gasteiger partial charge in [0.25, 0.3) is 0 Å². The third kappa shape index (κ3) is 5.18. The Bertz CT molecular complexity index is 1140. The van der Waals surface area contributed by atoms with Crippen LogP contribution in [0.2, 0.25) is 10.0 Å². The van der Waals surface area contributed by atoms with E-state index in [1.807, 2.05) is 12.1 Å². The third-order valence-corrected chi connectivity index (χ3v) is 6.10. The molecule has 1 aliphatic rings. The van der Waals surface area contributed by atoms with Crippen molar-refractivity contribution >= 4 is 46.8 Å². The van der Waals surface area contributed by atoms with Gasteiger partial charge in [-0.1, -0.05) is 23.2 Å². The summed E-state index contributed by atoms with van der Waals surface area (Å²) in [5, 5.41) is 9.50. The highest BCUT2D eigenvalue weighted by molar-refractivity contribution is 6.35. The highest BCUT2D eigenvalue weighted by Crippen LogP contribution is 2.27. The van der Waals surface area contributed by atoms with Crippen molar-refractivity contribution in [2.24, 2.45) is 0 Å². The minimum Gasteiger partial charge on any atom is -0.489 e. The zero-order valence-electron chi connectivity index (χ0n) is 17.7. The Labute approximate surface area is 201 Å². The maximum Gasteiger partial charge on any atom is 0.209 e. The number of ether oxygens (including phenoxy) is 1. The molecule has 0 bridgehead atoms. The molecule has 3 N–H and O–H groups in total. The molecule has 3 heterocycles. The first-order chi connectivity index (χ1) is 16.0. The van der Waals surface area contributed by atoms with E-state index in [0.717, 1.165) is 25.3 Å². The van der Waals surface area contributed by atoms with Crippen molar-refractivity contribution in [2.75, 3.05) is 36.8 Å². The maximum absolute atomic E-state index is 10.9. The summed E-state index contributed by atoms with van der Waals surface area (Å²) in [6.07, 6.45) is 5.55. The van der Waals surface area contributed by atoms with E-state index < -0.39 is 0 Å². The van der Waals surface area contributed by atoms with Crippen LogP contribution in [0.4, 0.5) is 11.5 Å². The molecule has 1 aliphatic heterocycles. The summed E-state index contributed by atoms with van der Waals surface area (Å²) in [6.45, 7) is 2.94. The van der Waals surface area contributed by atoms with Gasteiger partial charge < -0.3 is 20.3 Å². The number of anilines is 2. The van der Waals surface area contributed by atoms with Gasteiger partial charge in [-0.05, 0) is 30.3 Å². The number of carbonyl (C=O) groups excluding carboxylic acids is 1. The second-order valence-electron chi connectivity index (χ2n) is 7.53. The molecule has 33 heavy (non-hydrogen) atoms. The fraction of sp³-hybridized carbons (Fsp3) is 0.217. The lowest BCUT2D eigenvalue weighted by molar-refractivity contribution is -0.118. The number of hydrogen-bond donors (Lipinski definition) is 2. The summed E-state index contributed by atoms with van der Waals surface area (Å²) in [6, 6.07) is 8.87. The average molecular weight is 485 g/mol. The first-order valence-electron chi connectivity index (χ1n) is 10.3. The molecule has 1 aromatic carbocycles. The lowest BCUT2D eigenvalue weighted by Crippen LogP contribution is -2.46. The van der Waals surface area contributed by atoms with Gasteiger partial charge in [-0.2, -0.15) is 0 Å². The number of piperazine rings is 1. The van der Waals surface area contributed by atoms with E-state index in [4.69, 9.17) is 39.1 Å². The van der Waals surface area contributed by atoms with Crippen molar-refractivity contribution in [1.29, 1.82) is 5.41 Å². The number of aromatic nitrogens is 2. The minimum atomic E-state index is 0.157. The van der Waals surface area contributed by atoms with E-state index in [1.165, 1.54) is 12.4 Å². The van der Waals surface area contributed by atoms with E-state index in [9.17, 15) is 4.79 Å². The summed E-state index contributed by atoms with van der Waals surface area (Å²) >= 11 is 12.3. The zero-order chi connectivity index (χ0) is 23.4. The fourth-order valence-corrected chi connectivity index (χ4v) is 3.98. The molecule has 1 saturated heterocycles. The first-order valence-corrected chi connectivity index (χ1v) is 11.0. The summed E-state index contributed by atoms with van der Waals surface area (Å²) in [5.74, 6) is 1.35. The molecule has 0 aliphatic carbocycles. The topological polar surface area (TPSA) is 108 Å². The average Bonchev–Trinajstić information content (AvgIpc) is 2.84. The number of halogens is 2. The number of nitrogens with two attached hydrogens (primary N) is 1. The first kappa shape index (κ1) is 22.8. The summed E-state index contributed by atoms with van der Waals surface area (Å²) < 4.78 is 5.85. The highest BCUT2D eigenvalue weighted by Gasteiger charge is 2.17. The van der Waals surface area contributed by atoms with Crippen LogP contribution in [0, 0.1) is 5.41 Å². The van der Waals surface area contributed by atoms with Gasteiger partial charge in [0.2, 0.25) is 6.41 Å². The van der Waals surface area contributed by atoms with Gasteiger partial charge in [-0.25, -0.2) is 4.98 Å². The fourth-order valence-electron chi connectivity index (χ4n) is 3.51. The van der Waals surface area contributed by atoms with Crippen LogP contribution in [-0.4, -0.2) is 53.2 Å². The molecule has 8 nitrogen and oxygen atoms in total. The van der Waals surface area contributed by atoms with Crippen molar-refractivity contribution in [3.63, 3.8) is 0 Å². The molecular formula is C23H22Cl2N6O2. The number of amides is 1. The smallest absolute Gasteiger partial charge is 0.209 e. The Morgan fingerprint density at radius 2 is 1.82 bits per heavy atom. The monoisotopic (exact) mass is 484 g/mol. The van der Waals surface area contributed by atoms with Gasteiger partial charge in [0.1, 0.15) is 18.2 Å². The molecule has 0 radical (unpaired) electrons. The number of nitrogens with zero attached hydrogens (tertiary/aromatic N) is 4. The van der Waals surface area contributed by atoms with Crippen LogP contribution in [0.3, 0.4) is 0 Å². The van der Waals surface area contributed by atoms with Crippen molar-refractivity contribution in [3.8, 4) is 5.75 Å². The van der Waals surface area contributed by atoms with Gasteiger partial charge >= 0.3 is 0 Å². The minimum absolute atomic E-state index is 0.157. The van der Waals surface area contributed by atoms with Crippen LogP contribution in [0.1, 0.15) is 16.7 Å². The number of benzene rings is 1. The number of rotatable bonds is 7. The quantitative estimate of drug-likeness (QED) is 0.301. The molecule has 4 rings (SSSR count). The Morgan fingerprint density at radius 1 is 1.09 bits per heavy atom. The largest absolute Gasteiger partial charge is 0.489 e. The Hall–Kier alpha value is -3.36. The molecule has 2 aromatic heterocycles. The predicted molar refractivity (Wildman–Crippen MR) is 129 cm³/mol. The standard InChI is InChI=1S/C23H22Cl2N6O2/c24-19-11-28-12-20(25)18(19)13-33-16-2-3-21(26)17(9-16)23(27)15-1-4-22(29-10-15)31-7-5-30(14-32)6-8-31/h1-4,9-12,14,27H,5-8,13,26H2. The SMILES string of the molecule is N=C(c1ccc(N2CCN(C=O)CC2)nc1)c1cc(OCc2c(Cl)cncc2Cl)ccc1N.